The van der Waals surface area contributed by atoms with Gasteiger partial charge < -0.3 is 5.73 Å². The van der Waals surface area contributed by atoms with Crippen molar-refractivity contribution >= 4 is 29.0 Å². The number of benzene rings is 1. The highest BCUT2D eigenvalue weighted by atomic mass is 32.2. The van der Waals surface area contributed by atoms with Gasteiger partial charge >= 0.3 is 5.69 Å². The van der Waals surface area contributed by atoms with E-state index >= 15 is 0 Å². The van der Waals surface area contributed by atoms with Gasteiger partial charge in [0, 0.05) is 6.07 Å². The number of hydrogen-bond acceptors (Lipinski definition) is 8. The van der Waals surface area contributed by atoms with Crippen LogP contribution in [0, 0.1) is 20.2 Å². The molecular formula is C10H7N5O4S. The second kappa shape index (κ2) is 5.48. The lowest BCUT2D eigenvalue weighted by molar-refractivity contribution is -0.388. The standard InChI is InChI=1S/C10H7N5O4S/c11-9-8(15(18)19)10(13-5-12-9)20-7-4-2-1-3-6(7)14(16)17/h1-5H,(H2,11,12,13). The number of nitro groups is 2. The Morgan fingerprint density at radius 2 is 1.80 bits per heavy atom. The van der Waals surface area contributed by atoms with E-state index in [-0.39, 0.29) is 21.4 Å². The van der Waals surface area contributed by atoms with Crippen molar-refractivity contribution in [1.29, 1.82) is 0 Å². The number of nitro benzene ring substituents is 1. The molecule has 0 aliphatic carbocycles. The number of hydrogen-bond donors (Lipinski definition) is 1. The molecule has 0 fully saturated rings. The second-order valence-electron chi connectivity index (χ2n) is 3.50. The normalized spacial score (nSPS) is 10.2. The van der Waals surface area contributed by atoms with Crippen LogP contribution < -0.4 is 5.73 Å². The summed E-state index contributed by atoms with van der Waals surface area (Å²) >= 11 is 0.797. The molecule has 0 aliphatic rings. The van der Waals surface area contributed by atoms with Crippen molar-refractivity contribution in [2.45, 2.75) is 9.92 Å². The Balaban J connectivity index is 2.49. The number of anilines is 1. The van der Waals surface area contributed by atoms with E-state index in [1.54, 1.807) is 6.07 Å². The van der Waals surface area contributed by atoms with Crippen molar-refractivity contribution in [3.05, 3.63) is 50.8 Å². The van der Waals surface area contributed by atoms with E-state index in [1.807, 2.05) is 0 Å². The van der Waals surface area contributed by atoms with Gasteiger partial charge in [-0.1, -0.05) is 23.9 Å². The number of aromatic nitrogens is 2. The molecule has 0 radical (unpaired) electrons. The van der Waals surface area contributed by atoms with Crippen molar-refractivity contribution in [3.8, 4) is 0 Å². The Morgan fingerprint density at radius 1 is 1.10 bits per heavy atom. The zero-order valence-corrected chi connectivity index (χ0v) is 10.6. The molecular weight excluding hydrogens is 286 g/mol. The van der Waals surface area contributed by atoms with Crippen LogP contribution in [-0.2, 0) is 0 Å². The lowest BCUT2D eigenvalue weighted by Gasteiger charge is -2.03. The first-order valence-electron chi connectivity index (χ1n) is 5.17. The number of rotatable bonds is 4. The van der Waals surface area contributed by atoms with E-state index < -0.39 is 15.5 Å². The second-order valence-corrected chi connectivity index (χ2v) is 4.53. The summed E-state index contributed by atoms with van der Waals surface area (Å²) in [6, 6.07) is 5.88. The van der Waals surface area contributed by atoms with Crippen LogP contribution in [0.3, 0.4) is 0 Å². The molecule has 0 atom stereocenters. The Bertz CT molecular complexity index is 693. The Kier molecular flexibility index (Phi) is 3.75. The molecule has 0 aliphatic heterocycles. The van der Waals surface area contributed by atoms with Gasteiger partial charge in [0.15, 0.2) is 5.03 Å². The summed E-state index contributed by atoms with van der Waals surface area (Å²) in [4.78, 5) is 28.1. The number of nitrogens with zero attached hydrogens (tertiary/aromatic N) is 4. The molecule has 9 nitrogen and oxygen atoms in total. The predicted octanol–water partition coefficient (Wildman–Crippen LogP) is 2.03. The molecule has 0 bridgehead atoms. The van der Waals surface area contributed by atoms with Crippen LogP contribution in [0.1, 0.15) is 0 Å². The van der Waals surface area contributed by atoms with Crippen LogP contribution >= 0.6 is 11.8 Å². The largest absolute Gasteiger partial charge is 0.378 e. The molecule has 0 saturated carbocycles. The van der Waals surface area contributed by atoms with Gasteiger partial charge in [0.2, 0.25) is 5.82 Å². The van der Waals surface area contributed by atoms with Crippen LogP contribution in [0.4, 0.5) is 17.2 Å². The molecule has 1 aromatic carbocycles. The SMILES string of the molecule is Nc1ncnc(Sc2ccccc2[N+](=O)[O-])c1[N+](=O)[O-]. The third-order valence-corrected chi connectivity index (χ3v) is 3.33. The molecule has 2 rings (SSSR count). The fraction of sp³-hybridized carbons (Fsp3) is 0. The first kappa shape index (κ1) is 13.7. The highest BCUT2D eigenvalue weighted by Crippen LogP contribution is 2.39. The number of nitrogens with two attached hydrogens (primary N) is 1. The van der Waals surface area contributed by atoms with Crippen LogP contribution in [0.25, 0.3) is 0 Å². The zero-order valence-electron chi connectivity index (χ0n) is 9.79. The van der Waals surface area contributed by atoms with Crippen molar-refractivity contribution in [1.82, 2.24) is 9.97 Å². The lowest BCUT2D eigenvalue weighted by atomic mass is 10.3. The zero-order chi connectivity index (χ0) is 14.7. The first-order valence-corrected chi connectivity index (χ1v) is 5.98. The minimum atomic E-state index is -0.716. The molecule has 1 aromatic heterocycles. The summed E-state index contributed by atoms with van der Waals surface area (Å²) in [5.74, 6) is -0.286. The summed E-state index contributed by atoms with van der Waals surface area (Å²) in [7, 11) is 0. The maximum absolute atomic E-state index is 10.9. The number of para-hydroxylation sites is 1. The Morgan fingerprint density at radius 3 is 2.45 bits per heavy atom. The molecule has 10 heteroatoms. The summed E-state index contributed by atoms with van der Waals surface area (Å²) in [5, 5.41) is 21.8. The van der Waals surface area contributed by atoms with Crippen molar-refractivity contribution < 1.29 is 9.85 Å². The average Bonchev–Trinajstić information content (AvgIpc) is 2.38. The first-order chi connectivity index (χ1) is 9.50. The van der Waals surface area contributed by atoms with Gasteiger partial charge in [-0.05, 0) is 6.07 Å². The van der Waals surface area contributed by atoms with Crippen LogP contribution in [0.5, 0.6) is 0 Å². The van der Waals surface area contributed by atoms with Crippen molar-refractivity contribution in [2.24, 2.45) is 0 Å². The van der Waals surface area contributed by atoms with E-state index in [0.717, 1.165) is 18.1 Å². The maximum atomic E-state index is 10.9. The molecule has 20 heavy (non-hydrogen) atoms. The summed E-state index contributed by atoms with van der Waals surface area (Å²) in [6.45, 7) is 0. The summed E-state index contributed by atoms with van der Waals surface area (Å²) < 4.78 is 0. The fourth-order valence-corrected chi connectivity index (χ4v) is 2.40. The van der Waals surface area contributed by atoms with Crippen molar-refractivity contribution in [2.75, 3.05) is 5.73 Å². The molecule has 0 saturated heterocycles. The summed E-state index contributed by atoms with van der Waals surface area (Å²) in [6.07, 6.45) is 1.07. The third kappa shape index (κ3) is 2.64. The quantitative estimate of drug-likeness (QED) is 0.513. The average molecular weight is 293 g/mol. The maximum Gasteiger partial charge on any atom is 0.343 e. The Labute approximate surface area is 116 Å². The Hall–Kier alpha value is -2.75. The monoisotopic (exact) mass is 293 g/mol. The van der Waals surface area contributed by atoms with Crippen LogP contribution in [0.2, 0.25) is 0 Å². The number of nitrogen functional groups attached to an aromatic ring is 1. The molecule has 2 aromatic rings. The molecule has 0 unspecified atom stereocenters. The third-order valence-electron chi connectivity index (χ3n) is 2.27. The smallest absolute Gasteiger partial charge is 0.343 e. The topological polar surface area (TPSA) is 138 Å². The minimum Gasteiger partial charge on any atom is -0.378 e. The minimum absolute atomic E-state index is 0.0446. The van der Waals surface area contributed by atoms with E-state index in [0.29, 0.717) is 0 Å². The van der Waals surface area contributed by atoms with Gasteiger partial charge in [-0.25, -0.2) is 9.97 Å². The lowest BCUT2D eigenvalue weighted by Crippen LogP contribution is -2.02. The highest BCUT2D eigenvalue weighted by Gasteiger charge is 2.24. The van der Waals surface area contributed by atoms with E-state index in [2.05, 4.69) is 9.97 Å². The van der Waals surface area contributed by atoms with Gasteiger partial charge in [-0.2, -0.15) is 0 Å². The summed E-state index contributed by atoms with van der Waals surface area (Å²) in [5.41, 5.74) is 4.81. The molecule has 1 heterocycles. The van der Waals surface area contributed by atoms with Gasteiger partial charge in [-0.3, -0.25) is 20.2 Å². The highest BCUT2D eigenvalue weighted by molar-refractivity contribution is 7.99. The van der Waals surface area contributed by atoms with Gasteiger partial charge in [0.1, 0.15) is 6.33 Å². The van der Waals surface area contributed by atoms with Gasteiger partial charge in [0.25, 0.3) is 5.69 Å². The van der Waals surface area contributed by atoms with Gasteiger partial charge in [-0.15, -0.1) is 0 Å². The van der Waals surface area contributed by atoms with E-state index in [4.69, 9.17) is 5.73 Å². The predicted molar refractivity (Wildman–Crippen MR) is 70.3 cm³/mol. The van der Waals surface area contributed by atoms with Gasteiger partial charge in [0.05, 0.1) is 14.7 Å². The molecule has 0 amide bonds. The fourth-order valence-electron chi connectivity index (χ4n) is 1.42. The van der Waals surface area contributed by atoms with Crippen LogP contribution in [0.15, 0.2) is 40.5 Å². The molecule has 102 valence electrons. The van der Waals surface area contributed by atoms with Crippen LogP contribution in [-0.4, -0.2) is 19.8 Å². The molecule has 0 spiro atoms. The molecule has 2 N–H and O–H groups in total. The van der Waals surface area contributed by atoms with E-state index in [9.17, 15) is 20.2 Å². The van der Waals surface area contributed by atoms with E-state index in [1.165, 1.54) is 18.2 Å². The van der Waals surface area contributed by atoms with Crippen molar-refractivity contribution in [3.63, 3.8) is 0 Å².